The third-order valence-corrected chi connectivity index (χ3v) is 4.88. The van der Waals surface area contributed by atoms with E-state index in [4.69, 9.17) is 9.73 Å². The molecule has 1 unspecified atom stereocenters. The summed E-state index contributed by atoms with van der Waals surface area (Å²) in [5.41, 5.74) is 2.93. The lowest BCUT2D eigenvalue weighted by Gasteiger charge is -2.31. The molecule has 0 aliphatic carbocycles. The zero-order valence-electron chi connectivity index (χ0n) is 14.7. The summed E-state index contributed by atoms with van der Waals surface area (Å²) in [5.74, 6) is 0.704. The predicted molar refractivity (Wildman–Crippen MR) is 103 cm³/mol. The van der Waals surface area contributed by atoms with Gasteiger partial charge in [-0.2, -0.15) is 0 Å². The van der Waals surface area contributed by atoms with Crippen LogP contribution < -0.4 is 9.80 Å². The van der Waals surface area contributed by atoms with E-state index in [0.717, 1.165) is 27.6 Å². The average molecular weight is 343 g/mol. The summed E-state index contributed by atoms with van der Waals surface area (Å²) >= 11 is 0. The van der Waals surface area contributed by atoms with Gasteiger partial charge in [-0.25, -0.2) is 10.1 Å². The van der Waals surface area contributed by atoms with Crippen LogP contribution in [0.15, 0.2) is 83.9 Å². The standard InChI is InChI=1S/C22H19N2O2/c1-22(16-9-5-3-6-10-16)21(23-17-11-7-4-8-12-17)19-15-18(26-2)13-14-20(19)24(22)25/h3-15H,1-2H3. The van der Waals surface area contributed by atoms with Gasteiger partial charge < -0.3 is 4.74 Å². The van der Waals surface area contributed by atoms with Crippen LogP contribution >= 0.6 is 0 Å². The number of nitrogens with zero attached hydrogens (tertiary/aromatic N) is 2. The average Bonchev–Trinajstić information content (AvgIpc) is 2.92. The molecule has 0 aromatic heterocycles. The summed E-state index contributed by atoms with van der Waals surface area (Å²) in [4.78, 5) is 4.87. The van der Waals surface area contributed by atoms with Crippen molar-refractivity contribution in [2.24, 2.45) is 4.99 Å². The summed E-state index contributed by atoms with van der Waals surface area (Å²) in [5, 5.41) is 14.4. The quantitative estimate of drug-likeness (QED) is 0.679. The first kappa shape index (κ1) is 16.4. The Bertz CT molecular complexity index is 954. The van der Waals surface area contributed by atoms with Crippen LogP contribution in [0.4, 0.5) is 11.4 Å². The molecule has 3 aromatic rings. The van der Waals surface area contributed by atoms with Gasteiger partial charge in [0.1, 0.15) is 11.3 Å². The molecule has 4 rings (SSSR count). The van der Waals surface area contributed by atoms with E-state index in [2.05, 4.69) is 0 Å². The van der Waals surface area contributed by atoms with Crippen LogP contribution in [-0.2, 0) is 10.7 Å². The predicted octanol–water partition coefficient (Wildman–Crippen LogP) is 4.90. The van der Waals surface area contributed by atoms with Gasteiger partial charge in [-0.05, 0) is 42.8 Å². The van der Waals surface area contributed by atoms with Crippen LogP contribution in [0.25, 0.3) is 0 Å². The minimum Gasteiger partial charge on any atom is -0.497 e. The molecule has 0 fully saturated rings. The Morgan fingerprint density at radius 3 is 2.23 bits per heavy atom. The topological polar surface area (TPSA) is 44.7 Å². The van der Waals surface area contributed by atoms with Gasteiger partial charge in [-0.3, -0.25) is 0 Å². The van der Waals surface area contributed by atoms with E-state index in [0.29, 0.717) is 11.4 Å². The number of hydroxylamine groups is 1. The summed E-state index contributed by atoms with van der Waals surface area (Å²) < 4.78 is 5.37. The number of hydrogen-bond acceptors (Lipinski definition) is 3. The van der Waals surface area contributed by atoms with Crippen molar-refractivity contribution < 1.29 is 9.94 Å². The number of rotatable bonds is 3. The molecule has 1 atom stereocenters. The van der Waals surface area contributed by atoms with Crippen molar-refractivity contribution in [2.45, 2.75) is 12.5 Å². The number of anilines is 1. The summed E-state index contributed by atoms with van der Waals surface area (Å²) in [6.07, 6.45) is 0. The molecule has 4 nitrogen and oxygen atoms in total. The second kappa shape index (κ2) is 6.32. The van der Waals surface area contributed by atoms with E-state index in [1.165, 1.54) is 0 Å². The maximum atomic E-state index is 13.3. The summed E-state index contributed by atoms with van der Waals surface area (Å²) in [7, 11) is 1.62. The third kappa shape index (κ3) is 2.47. The van der Waals surface area contributed by atoms with E-state index in [1.807, 2.05) is 73.7 Å². The fourth-order valence-corrected chi connectivity index (χ4v) is 3.43. The zero-order chi connectivity index (χ0) is 18.1. The molecule has 0 spiro atoms. The Kier molecular flexibility index (Phi) is 3.98. The van der Waals surface area contributed by atoms with Crippen molar-refractivity contribution >= 4 is 17.1 Å². The molecule has 0 saturated heterocycles. The first-order valence-electron chi connectivity index (χ1n) is 8.50. The van der Waals surface area contributed by atoms with Gasteiger partial charge in [0.05, 0.1) is 24.2 Å². The molecule has 1 heterocycles. The molecule has 0 saturated carbocycles. The zero-order valence-corrected chi connectivity index (χ0v) is 14.7. The van der Waals surface area contributed by atoms with Crippen LogP contribution in [0.2, 0.25) is 0 Å². The number of ether oxygens (including phenoxy) is 1. The molecule has 0 bridgehead atoms. The maximum Gasteiger partial charge on any atom is 0.135 e. The molecule has 1 aliphatic heterocycles. The summed E-state index contributed by atoms with van der Waals surface area (Å²) in [6, 6.07) is 25.0. The monoisotopic (exact) mass is 343 g/mol. The summed E-state index contributed by atoms with van der Waals surface area (Å²) in [6.45, 7) is 1.92. The SMILES string of the molecule is COc1ccc2c(c1)C(=Nc1ccccc1)C(C)(c1ccccc1)N2[O]. The Morgan fingerprint density at radius 1 is 0.923 bits per heavy atom. The molecule has 0 N–H and O–H groups in total. The number of para-hydroxylation sites is 1. The first-order chi connectivity index (χ1) is 12.6. The molecule has 1 aliphatic rings. The highest BCUT2D eigenvalue weighted by Crippen LogP contribution is 2.46. The highest BCUT2D eigenvalue weighted by molar-refractivity contribution is 6.17. The van der Waals surface area contributed by atoms with E-state index >= 15 is 0 Å². The van der Waals surface area contributed by atoms with Crippen molar-refractivity contribution in [2.75, 3.05) is 12.2 Å². The number of benzene rings is 3. The smallest absolute Gasteiger partial charge is 0.135 e. The second-order valence-electron chi connectivity index (χ2n) is 6.41. The highest BCUT2D eigenvalue weighted by Gasteiger charge is 2.48. The van der Waals surface area contributed by atoms with Crippen LogP contribution in [0.5, 0.6) is 5.75 Å². The lowest BCUT2D eigenvalue weighted by Crippen LogP contribution is -2.42. The maximum absolute atomic E-state index is 13.3. The van der Waals surface area contributed by atoms with Gasteiger partial charge in [-0.15, -0.1) is 0 Å². The lowest BCUT2D eigenvalue weighted by atomic mass is 9.86. The minimum absolute atomic E-state index is 0.604. The molecular weight excluding hydrogens is 324 g/mol. The van der Waals surface area contributed by atoms with Crippen LogP contribution in [0, 0.1) is 0 Å². The fourth-order valence-electron chi connectivity index (χ4n) is 3.43. The van der Waals surface area contributed by atoms with Crippen molar-refractivity contribution in [3.63, 3.8) is 0 Å². The molecule has 129 valence electrons. The van der Waals surface area contributed by atoms with Gasteiger partial charge in [0, 0.05) is 5.56 Å². The van der Waals surface area contributed by atoms with E-state index < -0.39 is 5.54 Å². The van der Waals surface area contributed by atoms with Gasteiger partial charge in [0.15, 0.2) is 0 Å². The van der Waals surface area contributed by atoms with Crippen molar-refractivity contribution in [3.05, 3.63) is 90.0 Å². The van der Waals surface area contributed by atoms with E-state index in [9.17, 15) is 5.21 Å². The Morgan fingerprint density at radius 2 is 1.58 bits per heavy atom. The van der Waals surface area contributed by atoms with Gasteiger partial charge >= 0.3 is 0 Å². The molecule has 4 heteroatoms. The van der Waals surface area contributed by atoms with Crippen LogP contribution in [-0.4, -0.2) is 12.8 Å². The Balaban J connectivity index is 1.98. The molecule has 0 amide bonds. The van der Waals surface area contributed by atoms with Crippen molar-refractivity contribution in [1.29, 1.82) is 0 Å². The number of aliphatic imine (C=N–C) groups is 1. The van der Waals surface area contributed by atoms with Crippen LogP contribution in [0.1, 0.15) is 18.1 Å². The largest absolute Gasteiger partial charge is 0.497 e. The minimum atomic E-state index is -0.911. The van der Waals surface area contributed by atoms with Gasteiger partial charge in [-0.1, -0.05) is 53.7 Å². The highest BCUT2D eigenvalue weighted by atomic mass is 16.5. The molecule has 1 radical (unpaired) electrons. The van der Waals surface area contributed by atoms with Crippen molar-refractivity contribution in [1.82, 2.24) is 0 Å². The lowest BCUT2D eigenvalue weighted by molar-refractivity contribution is 0.118. The number of hydrogen-bond donors (Lipinski definition) is 0. The number of fused-ring (bicyclic) bond motifs is 1. The molecule has 26 heavy (non-hydrogen) atoms. The second-order valence-corrected chi connectivity index (χ2v) is 6.41. The third-order valence-electron chi connectivity index (χ3n) is 4.88. The van der Waals surface area contributed by atoms with E-state index in [-0.39, 0.29) is 0 Å². The molecule has 3 aromatic carbocycles. The molecular formula is C22H19N2O2. The first-order valence-corrected chi connectivity index (χ1v) is 8.50. The van der Waals surface area contributed by atoms with Crippen molar-refractivity contribution in [3.8, 4) is 5.75 Å². The fraction of sp³-hybridized carbons (Fsp3) is 0.136. The normalized spacial score (nSPS) is 20.3. The van der Waals surface area contributed by atoms with Crippen LogP contribution in [0.3, 0.4) is 0 Å². The van der Waals surface area contributed by atoms with Gasteiger partial charge in [0.2, 0.25) is 0 Å². The van der Waals surface area contributed by atoms with Gasteiger partial charge in [0.25, 0.3) is 0 Å². The Hall–Kier alpha value is -3.11. The number of methoxy groups -OCH3 is 1. The van der Waals surface area contributed by atoms with E-state index in [1.54, 1.807) is 19.2 Å². The Labute approximate surface area is 153 Å².